The van der Waals surface area contributed by atoms with E-state index >= 15 is 0 Å². The number of carbonyl (C=O) groups excluding carboxylic acids is 1. The van der Waals surface area contributed by atoms with E-state index in [1.54, 1.807) is 25.4 Å². The minimum absolute atomic E-state index is 0.0323. The van der Waals surface area contributed by atoms with Crippen LogP contribution in [0.15, 0.2) is 29.0 Å². The van der Waals surface area contributed by atoms with Gasteiger partial charge in [-0.2, -0.15) is 5.10 Å². The van der Waals surface area contributed by atoms with Crippen LogP contribution in [0.2, 0.25) is 0 Å². The number of pyridine rings is 1. The molecule has 0 aliphatic carbocycles. The third-order valence-corrected chi connectivity index (χ3v) is 4.78. The molecule has 1 aliphatic heterocycles. The predicted molar refractivity (Wildman–Crippen MR) is 92.8 cm³/mol. The first kappa shape index (κ1) is 16.6. The van der Waals surface area contributed by atoms with Gasteiger partial charge in [0, 0.05) is 25.2 Å². The molecule has 3 heterocycles. The first-order valence-corrected chi connectivity index (χ1v) is 8.45. The zero-order chi connectivity index (χ0) is 17.1. The molecule has 0 radical (unpaired) electrons. The van der Waals surface area contributed by atoms with Crippen molar-refractivity contribution >= 4 is 27.7 Å². The average Bonchev–Trinajstić information content (AvgIpc) is 2.62. The van der Waals surface area contributed by atoms with Gasteiger partial charge < -0.3 is 15.4 Å². The van der Waals surface area contributed by atoms with Crippen molar-refractivity contribution in [2.24, 2.45) is 0 Å². The fourth-order valence-electron chi connectivity index (χ4n) is 2.82. The number of piperidine rings is 1. The summed E-state index contributed by atoms with van der Waals surface area (Å²) in [5, 5.41) is 8.06. The van der Waals surface area contributed by atoms with Crippen molar-refractivity contribution in [2.45, 2.75) is 18.8 Å². The highest BCUT2D eigenvalue weighted by Gasteiger charge is 2.26. The van der Waals surface area contributed by atoms with Crippen molar-refractivity contribution in [1.82, 2.24) is 20.1 Å². The minimum Gasteiger partial charge on any atom is -0.494 e. The Bertz CT molecular complexity index is 730. The minimum atomic E-state index is -0.0323. The summed E-state index contributed by atoms with van der Waals surface area (Å²) in [6.07, 6.45) is 3.27. The maximum absolute atomic E-state index is 12.6. The van der Waals surface area contributed by atoms with Crippen LogP contribution in [0.4, 0.5) is 5.82 Å². The number of hydrogen-bond acceptors (Lipinski definition) is 6. The zero-order valence-electron chi connectivity index (χ0n) is 13.3. The van der Waals surface area contributed by atoms with Gasteiger partial charge in [0.15, 0.2) is 5.75 Å². The van der Waals surface area contributed by atoms with Gasteiger partial charge >= 0.3 is 0 Å². The normalized spacial score (nSPS) is 15.3. The van der Waals surface area contributed by atoms with Crippen LogP contribution >= 0.6 is 15.9 Å². The van der Waals surface area contributed by atoms with Gasteiger partial charge in [-0.3, -0.25) is 4.79 Å². The van der Waals surface area contributed by atoms with E-state index in [1.165, 1.54) is 0 Å². The lowest BCUT2D eigenvalue weighted by Gasteiger charge is -2.31. The smallest absolute Gasteiger partial charge is 0.255 e. The fraction of sp³-hybridized carbons (Fsp3) is 0.375. The van der Waals surface area contributed by atoms with Crippen LogP contribution in [-0.4, -0.2) is 46.2 Å². The summed E-state index contributed by atoms with van der Waals surface area (Å²) in [6, 6.07) is 5.38. The molecule has 7 nitrogen and oxygen atoms in total. The third-order valence-electron chi connectivity index (χ3n) is 4.18. The molecule has 0 spiro atoms. The maximum atomic E-state index is 12.6. The van der Waals surface area contributed by atoms with E-state index in [1.807, 2.05) is 11.0 Å². The van der Waals surface area contributed by atoms with Crippen LogP contribution in [-0.2, 0) is 0 Å². The second-order valence-electron chi connectivity index (χ2n) is 5.67. The molecular weight excluding hydrogens is 374 g/mol. The number of rotatable bonds is 3. The second kappa shape index (κ2) is 7.12. The van der Waals surface area contributed by atoms with Crippen molar-refractivity contribution in [1.29, 1.82) is 0 Å². The first-order chi connectivity index (χ1) is 11.6. The molecule has 2 aromatic rings. The number of anilines is 1. The molecule has 0 unspecified atom stereocenters. The molecule has 0 atom stereocenters. The van der Waals surface area contributed by atoms with E-state index < -0.39 is 0 Å². The quantitative estimate of drug-likeness (QED) is 0.806. The summed E-state index contributed by atoms with van der Waals surface area (Å²) < 4.78 is 5.79. The van der Waals surface area contributed by atoms with Crippen LogP contribution in [0, 0.1) is 0 Å². The lowest BCUT2D eigenvalue weighted by Crippen LogP contribution is -2.38. The van der Waals surface area contributed by atoms with Crippen LogP contribution in [0.1, 0.15) is 34.8 Å². The van der Waals surface area contributed by atoms with Gasteiger partial charge in [0.05, 0.1) is 18.4 Å². The predicted octanol–water partition coefficient (Wildman–Crippen LogP) is 2.24. The van der Waals surface area contributed by atoms with E-state index in [0.29, 0.717) is 40.7 Å². The number of likely N-dealkylation sites (tertiary alicyclic amines) is 1. The van der Waals surface area contributed by atoms with Crippen LogP contribution < -0.4 is 10.5 Å². The highest BCUT2D eigenvalue weighted by Crippen LogP contribution is 2.28. The van der Waals surface area contributed by atoms with Crippen LogP contribution in [0.25, 0.3) is 0 Å². The number of hydrogen-bond donors (Lipinski definition) is 1. The molecule has 1 amide bonds. The van der Waals surface area contributed by atoms with E-state index in [2.05, 4.69) is 31.1 Å². The number of nitrogens with two attached hydrogens (primary N) is 1. The molecule has 1 aliphatic rings. The van der Waals surface area contributed by atoms with Crippen molar-refractivity contribution < 1.29 is 9.53 Å². The monoisotopic (exact) mass is 391 g/mol. The van der Waals surface area contributed by atoms with Gasteiger partial charge in [0.2, 0.25) is 0 Å². The SMILES string of the molecule is COc1cc(C(=O)N2CCC(c3ccc(N)nn3)CC2)cnc1Br. The first-order valence-electron chi connectivity index (χ1n) is 7.66. The molecule has 0 saturated carbocycles. The van der Waals surface area contributed by atoms with Gasteiger partial charge in [0.25, 0.3) is 5.91 Å². The van der Waals surface area contributed by atoms with E-state index in [0.717, 1.165) is 18.5 Å². The molecule has 126 valence electrons. The van der Waals surface area contributed by atoms with E-state index in [4.69, 9.17) is 10.5 Å². The maximum Gasteiger partial charge on any atom is 0.255 e. The van der Waals surface area contributed by atoms with E-state index in [-0.39, 0.29) is 5.91 Å². The summed E-state index contributed by atoms with van der Waals surface area (Å²) in [6.45, 7) is 1.35. The number of methoxy groups -OCH3 is 1. The molecular formula is C16H18BrN5O2. The van der Waals surface area contributed by atoms with Crippen molar-refractivity contribution in [3.63, 3.8) is 0 Å². The summed E-state index contributed by atoms with van der Waals surface area (Å²) in [5.74, 6) is 1.24. The molecule has 1 fully saturated rings. The molecule has 2 aromatic heterocycles. The molecule has 3 rings (SSSR count). The van der Waals surface area contributed by atoms with E-state index in [9.17, 15) is 4.79 Å². The third kappa shape index (κ3) is 3.48. The Kier molecular flexibility index (Phi) is 4.94. The number of ether oxygens (including phenoxy) is 1. The fourth-order valence-corrected chi connectivity index (χ4v) is 3.20. The molecule has 8 heteroatoms. The number of nitrogen functional groups attached to an aromatic ring is 1. The van der Waals surface area contributed by atoms with Crippen LogP contribution in [0.5, 0.6) is 5.75 Å². The number of halogens is 1. The summed E-state index contributed by atoms with van der Waals surface area (Å²) in [7, 11) is 1.55. The standard InChI is InChI=1S/C16H18BrN5O2/c1-24-13-8-11(9-19-15(13)17)16(23)22-6-4-10(5-7-22)12-2-3-14(18)21-20-12/h2-3,8-10H,4-7H2,1H3,(H2,18,21). The Hall–Kier alpha value is -2.22. The zero-order valence-corrected chi connectivity index (χ0v) is 14.9. The average molecular weight is 392 g/mol. The molecule has 1 saturated heterocycles. The Morgan fingerprint density at radius 3 is 2.71 bits per heavy atom. The van der Waals surface area contributed by atoms with Crippen molar-refractivity contribution in [3.05, 3.63) is 40.3 Å². The largest absolute Gasteiger partial charge is 0.494 e. The summed E-state index contributed by atoms with van der Waals surface area (Å²) in [4.78, 5) is 18.6. The van der Waals surface area contributed by atoms with Gasteiger partial charge in [0.1, 0.15) is 10.4 Å². The topological polar surface area (TPSA) is 94.2 Å². The Balaban J connectivity index is 1.66. The second-order valence-corrected chi connectivity index (χ2v) is 6.42. The number of nitrogens with zero attached hydrogens (tertiary/aromatic N) is 4. The Morgan fingerprint density at radius 2 is 2.08 bits per heavy atom. The van der Waals surface area contributed by atoms with Gasteiger partial charge in [-0.15, -0.1) is 5.10 Å². The number of aromatic nitrogens is 3. The lowest BCUT2D eigenvalue weighted by atomic mass is 9.93. The number of carbonyl (C=O) groups is 1. The van der Waals surface area contributed by atoms with Crippen LogP contribution in [0.3, 0.4) is 0 Å². The highest BCUT2D eigenvalue weighted by molar-refractivity contribution is 9.10. The number of amides is 1. The highest BCUT2D eigenvalue weighted by atomic mass is 79.9. The summed E-state index contributed by atoms with van der Waals surface area (Å²) in [5.41, 5.74) is 7.03. The van der Waals surface area contributed by atoms with Gasteiger partial charge in [-0.05, 0) is 47.0 Å². The van der Waals surface area contributed by atoms with Crippen molar-refractivity contribution in [2.75, 3.05) is 25.9 Å². The summed E-state index contributed by atoms with van der Waals surface area (Å²) >= 11 is 3.29. The van der Waals surface area contributed by atoms with Crippen molar-refractivity contribution in [3.8, 4) is 5.75 Å². The lowest BCUT2D eigenvalue weighted by molar-refractivity contribution is 0.0711. The molecule has 0 bridgehead atoms. The van der Waals surface area contributed by atoms with Gasteiger partial charge in [-0.25, -0.2) is 4.98 Å². The Morgan fingerprint density at radius 1 is 1.33 bits per heavy atom. The molecule has 0 aromatic carbocycles. The molecule has 2 N–H and O–H groups in total. The Labute approximate surface area is 148 Å². The molecule has 24 heavy (non-hydrogen) atoms. The van der Waals surface area contributed by atoms with Gasteiger partial charge in [-0.1, -0.05) is 0 Å².